The molecule has 2 rings (SSSR count). The molecule has 20 heavy (non-hydrogen) atoms. The van der Waals surface area contributed by atoms with Gasteiger partial charge in [-0.05, 0) is 38.6 Å². The van der Waals surface area contributed by atoms with Crippen LogP contribution in [0.4, 0.5) is 0 Å². The maximum atomic E-state index is 10.9. The Morgan fingerprint density at radius 1 is 1.55 bits per heavy atom. The van der Waals surface area contributed by atoms with Crippen molar-refractivity contribution < 1.29 is 19.4 Å². The van der Waals surface area contributed by atoms with Gasteiger partial charge in [-0.15, -0.1) is 0 Å². The first-order valence-corrected chi connectivity index (χ1v) is 6.86. The Balaban J connectivity index is 1.80. The summed E-state index contributed by atoms with van der Waals surface area (Å²) in [4.78, 5) is 13.1. The van der Waals surface area contributed by atoms with E-state index in [4.69, 9.17) is 14.6 Å². The fourth-order valence-electron chi connectivity index (χ4n) is 2.49. The highest BCUT2D eigenvalue weighted by atomic mass is 16.5. The highest BCUT2D eigenvalue weighted by molar-refractivity contribution is 5.87. The first-order valence-electron chi connectivity index (χ1n) is 6.86. The third-order valence-corrected chi connectivity index (χ3v) is 3.70. The molecule has 0 radical (unpaired) electrons. The third kappa shape index (κ3) is 3.71. The Labute approximate surface area is 119 Å². The first kappa shape index (κ1) is 14.8. The molecule has 1 aliphatic rings. The maximum absolute atomic E-state index is 10.9. The Kier molecular flexibility index (Phi) is 4.98. The van der Waals surface area contributed by atoms with Gasteiger partial charge in [-0.1, -0.05) is 6.07 Å². The van der Waals surface area contributed by atoms with E-state index in [9.17, 15) is 4.79 Å². The lowest BCUT2D eigenvalue weighted by Gasteiger charge is -2.26. The molecular weight excluding hydrogens is 258 g/mol. The molecule has 0 aliphatic carbocycles. The van der Waals surface area contributed by atoms with Crippen LogP contribution in [0.2, 0.25) is 0 Å². The minimum Gasteiger partial charge on any atom is -0.492 e. The summed E-state index contributed by atoms with van der Waals surface area (Å²) in [6.45, 7) is 4.22. The molecule has 0 spiro atoms. The first-order chi connectivity index (χ1) is 9.58. The monoisotopic (exact) mass is 279 g/mol. The number of likely N-dealkylation sites (N-methyl/N-ethyl adjacent to an activating group) is 1. The van der Waals surface area contributed by atoms with Gasteiger partial charge in [0.2, 0.25) is 0 Å². The smallest absolute Gasteiger partial charge is 0.335 e. The number of rotatable bonds is 6. The summed E-state index contributed by atoms with van der Waals surface area (Å²) >= 11 is 0. The van der Waals surface area contributed by atoms with Crippen molar-refractivity contribution in [1.29, 1.82) is 0 Å². The molecule has 1 N–H and O–H groups in total. The van der Waals surface area contributed by atoms with E-state index < -0.39 is 5.97 Å². The van der Waals surface area contributed by atoms with E-state index in [-0.39, 0.29) is 11.7 Å². The molecule has 1 aliphatic heterocycles. The number of carbonyl (C=O) groups is 1. The molecule has 0 aromatic heterocycles. The van der Waals surface area contributed by atoms with Crippen LogP contribution in [-0.4, -0.2) is 54.9 Å². The predicted octanol–water partition coefficient (Wildman–Crippen LogP) is 1.87. The van der Waals surface area contributed by atoms with E-state index in [0.717, 1.165) is 19.6 Å². The van der Waals surface area contributed by atoms with E-state index in [1.807, 2.05) is 0 Å². The number of carboxylic acids is 1. The Bertz CT molecular complexity index is 463. The van der Waals surface area contributed by atoms with Crippen molar-refractivity contribution in [2.75, 3.05) is 26.8 Å². The lowest BCUT2D eigenvalue weighted by atomic mass is 10.1. The van der Waals surface area contributed by atoms with Crippen molar-refractivity contribution >= 4 is 5.97 Å². The molecule has 1 aromatic carbocycles. The molecule has 0 amide bonds. The van der Waals surface area contributed by atoms with Gasteiger partial charge in [-0.2, -0.15) is 0 Å². The van der Waals surface area contributed by atoms with E-state index in [2.05, 4.69) is 18.9 Å². The predicted molar refractivity (Wildman–Crippen MR) is 75.3 cm³/mol. The number of hydrogen-bond donors (Lipinski definition) is 1. The second-order valence-electron chi connectivity index (χ2n) is 5.09. The van der Waals surface area contributed by atoms with Gasteiger partial charge in [0, 0.05) is 19.2 Å². The Morgan fingerprint density at radius 2 is 2.35 bits per heavy atom. The lowest BCUT2D eigenvalue weighted by molar-refractivity contribution is 0.0695. The van der Waals surface area contributed by atoms with Crippen LogP contribution in [0.5, 0.6) is 5.75 Å². The van der Waals surface area contributed by atoms with Gasteiger partial charge in [0.15, 0.2) is 0 Å². The van der Waals surface area contributed by atoms with Crippen LogP contribution in [0.15, 0.2) is 24.3 Å². The summed E-state index contributed by atoms with van der Waals surface area (Å²) in [5.41, 5.74) is 0.244. The summed E-state index contributed by atoms with van der Waals surface area (Å²) in [5, 5.41) is 8.92. The third-order valence-electron chi connectivity index (χ3n) is 3.70. The minimum absolute atomic E-state index is 0.244. The number of hydrogen-bond acceptors (Lipinski definition) is 4. The fourth-order valence-corrected chi connectivity index (χ4v) is 2.49. The highest BCUT2D eigenvalue weighted by Crippen LogP contribution is 2.18. The molecule has 0 bridgehead atoms. The zero-order valence-corrected chi connectivity index (χ0v) is 11.9. The van der Waals surface area contributed by atoms with E-state index >= 15 is 0 Å². The van der Waals surface area contributed by atoms with Crippen LogP contribution in [0, 0.1) is 0 Å². The average molecular weight is 279 g/mol. The van der Waals surface area contributed by atoms with Crippen LogP contribution < -0.4 is 4.74 Å². The molecule has 2 unspecified atom stereocenters. The highest BCUT2D eigenvalue weighted by Gasteiger charge is 2.27. The molecule has 2 atom stereocenters. The van der Waals surface area contributed by atoms with Gasteiger partial charge in [-0.3, -0.25) is 4.90 Å². The van der Waals surface area contributed by atoms with E-state index in [1.165, 1.54) is 0 Å². The van der Waals surface area contributed by atoms with Crippen molar-refractivity contribution in [2.24, 2.45) is 0 Å². The topological polar surface area (TPSA) is 59.0 Å². The number of aromatic carboxylic acids is 1. The van der Waals surface area contributed by atoms with Crippen LogP contribution in [0.3, 0.4) is 0 Å². The summed E-state index contributed by atoms with van der Waals surface area (Å²) in [7, 11) is 2.06. The zero-order chi connectivity index (χ0) is 14.5. The van der Waals surface area contributed by atoms with Gasteiger partial charge < -0.3 is 14.6 Å². The quantitative estimate of drug-likeness (QED) is 0.861. The van der Waals surface area contributed by atoms with Crippen molar-refractivity contribution in [1.82, 2.24) is 4.90 Å². The normalized spacial score (nSPS) is 22.1. The summed E-state index contributed by atoms with van der Waals surface area (Å²) in [6, 6.07) is 7.00. The largest absolute Gasteiger partial charge is 0.492 e. The Morgan fingerprint density at radius 3 is 3.00 bits per heavy atom. The zero-order valence-electron chi connectivity index (χ0n) is 11.9. The lowest BCUT2D eigenvalue weighted by Crippen LogP contribution is -2.39. The maximum Gasteiger partial charge on any atom is 0.335 e. The minimum atomic E-state index is -0.940. The number of benzene rings is 1. The molecule has 1 heterocycles. The molecule has 0 saturated carbocycles. The van der Waals surface area contributed by atoms with Crippen molar-refractivity contribution in [3.05, 3.63) is 29.8 Å². The van der Waals surface area contributed by atoms with Crippen LogP contribution >= 0.6 is 0 Å². The number of nitrogens with zero attached hydrogens (tertiary/aromatic N) is 1. The average Bonchev–Trinajstić information content (AvgIpc) is 2.85. The number of ether oxygens (including phenoxy) is 2. The van der Waals surface area contributed by atoms with Crippen molar-refractivity contribution in [3.8, 4) is 5.75 Å². The second-order valence-corrected chi connectivity index (χ2v) is 5.09. The summed E-state index contributed by atoms with van der Waals surface area (Å²) < 4.78 is 11.2. The SMILES string of the molecule is CC1OCCC1N(C)CCOc1cccc(C(=O)O)c1. The van der Waals surface area contributed by atoms with Gasteiger partial charge in [0.05, 0.1) is 11.7 Å². The molecule has 110 valence electrons. The van der Waals surface area contributed by atoms with Gasteiger partial charge in [0.1, 0.15) is 12.4 Å². The Hall–Kier alpha value is -1.59. The van der Waals surface area contributed by atoms with Crippen molar-refractivity contribution in [2.45, 2.75) is 25.5 Å². The van der Waals surface area contributed by atoms with E-state index in [1.54, 1.807) is 24.3 Å². The standard InChI is InChI=1S/C15H21NO4/c1-11-14(6-8-19-11)16(2)7-9-20-13-5-3-4-12(10-13)15(17)18/h3-5,10-11,14H,6-9H2,1-2H3,(H,17,18). The second kappa shape index (κ2) is 6.72. The molecule has 5 heteroatoms. The molecule has 1 aromatic rings. The fraction of sp³-hybridized carbons (Fsp3) is 0.533. The van der Waals surface area contributed by atoms with Crippen LogP contribution in [0.25, 0.3) is 0 Å². The van der Waals surface area contributed by atoms with Gasteiger partial charge >= 0.3 is 5.97 Å². The molecular formula is C15H21NO4. The molecule has 1 saturated heterocycles. The number of carboxylic acid groups (broad SMARTS) is 1. The molecule has 5 nitrogen and oxygen atoms in total. The van der Waals surface area contributed by atoms with E-state index in [0.29, 0.717) is 18.4 Å². The van der Waals surface area contributed by atoms with Crippen LogP contribution in [-0.2, 0) is 4.74 Å². The van der Waals surface area contributed by atoms with Gasteiger partial charge in [-0.25, -0.2) is 4.79 Å². The molecule has 1 fully saturated rings. The summed E-state index contributed by atoms with van der Waals surface area (Å²) in [5.74, 6) is -0.349. The van der Waals surface area contributed by atoms with Gasteiger partial charge in [0.25, 0.3) is 0 Å². The van der Waals surface area contributed by atoms with Crippen molar-refractivity contribution in [3.63, 3.8) is 0 Å². The van der Waals surface area contributed by atoms with Crippen LogP contribution in [0.1, 0.15) is 23.7 Å². The summed E-state index contributed by atoms with van der Waals surface area (Å²) in [6.07, 6.45) is 1.31.